The molecular weight excluding hydrogens is 228 g/mol. The number of hydrogen-bond donors (Lipinski definition) is 1. The van der Waals surface area contributed by atoms with E-state index in [2.05, 4.69) is 16.3 Å². The average molecular weight is 235 g/mol. The zero-order valence-corrected chi connectivity index (χ0v) is 9.20. The van der Waals surface area contributed by atoms with Crippen LogP contribution in [-0.4, -0.2) is 20.1 Å². The van der Waals surface area contributed by atoms with Crippen molar-refractivity contribution >= 4 is 11.0 Å². The number of phenolic OH excluding ortho intramolecular Hbond substituents is 1. The molecular formula is C13H7N4O. The van der Waals surface area contributed by atoms with Gasteiger partial charge in [-0.15, -0.1) is 15.0 Å². The molecule has 0 fully saturated rings. The Morgan fingerprint density at radius 3 is 2.83 bits per heavy atom. The van der Waals surface area contributed by atoms with E-state index in [4.69, 9.17) is 5.26 Å². The van der Waals surface area contributed by atoms with Crippen LogP contribution in [0.3, 0.4) is 0 Å². The van der Waals surface area contributed by atoms with Gasteiger partial charge in [-0.25, -0.2) is 0 Å². The van der Waals surface area contributed by atoms with Crippen molar-refractivity contribution in [1.82, 2.24) is 15.0 Å². The minimum atomic E-state index is 0.0540. The SMILES string of the molecule is N#Cc1ccc2nn(-c3cc[c]cc3O)nc2c1. The second-order valence-corrected chi connectivity index (χ2v) is 3.72. The van der Waals surface area contributed by atoms with Gasteiger partial charge in [0.05, 0.1) is 11.6 Å². The number of fused-ring (bicyclic) bond motifs is 1. The molecule has 3 rings (SSSR count). The van der Waals surface area contributed by atoms with E-state index < -0.39 is 0 Å². The van der Waals surface area contributed by atoms with Gasteiger partial charge in [0, 0.05) is 0 Å². The molecule has 0 bridgehead atoms. The van der Waals surface area contributed by atoms with Crippen LogP contribution in [0.1, 0.15) is 5.56 Å². The standard InChI is InChI=1S/C13H7N4O/c14-8-9-5-6-10-11(7-9)16-17(15-10)12-3-1-2-4-13(12)18/h1,3-7,18H. The molecule has 0 amide bonds. The molecule has 0 saturated carbocycles. The van der Waals surface area contributed by atoms with E-state index in [9.17, 15) is 5.11 Å². The van der Waals surface area contributed by atoms with Crippen LogP contribution in [0.15, 0.2) is 36.4 Å². The Morgan fingerprint density at radius 1 is 1.22 bits per heavy atom. The fourth-order valence-electron chi connectivity index (χ4n) is 1.67. The number of benzene rings is 2. The van der Waals surface area contributed by atoms with Gasteiger partial charge in [-0.3, -0.25) is 0 Å². The lowest BCUT2D eigenvalue weighted by atomic mass is 10.2. The molecule has 0 aliphatic rings. The molecule has 0 atom stereocenters. The van der Waals surface area contributed by atoms with Crippen LogP contribution in [0, 0.1) is 17.4 Å². The van der Waals surface area contributed by atoms with Gasteiger partial charge in [0.15, 0.2) is 0 Å². The summed E-state index contributed by atoms with van der Waals surface area (Å²) in [7, 11) is 0. The zero-order valence-electron chi connectivity index (χ0n) is 9.20. The number of nitriles is 1. The van der Waals surface area contributed by atoms with Crippen LogP contribution in [0.25, 0.3) is 16.7 Å². The third-order valence-corrected chi connectivity index (χ3v) is 2.54. The number of aromatic hydroxyl groups is 1. The summed E-state index contributed by atoms with van der Waals surface area (Å²) in [6.07, 6.45) is 0. The molecule has 1 aromatic heterocycles. The van der Waals surface area contributed by atoms with Gasteiger partial charge in [0.2, 0.25) is 0 Å². The molecule has 5 nitrogen and oxygen atoms in total. The van der Waals surface area contributed by atoms with E-state index in [1.165, 1.54) is 10.9 Å². The zero-order chi connectivity index (χ0) is 12.5. The van der Waals surface area contributed by atoms with Gasteiger partial charge in [-0.2, -0.15) is 5.26 Å². The van der Waals surface area contributed by atoms with Gasteiger partial charge < -0.3 is 5.11 Å². The van der Waals surface area contributed by atoms with Crippen LogP contribution in [-0.2, 0) is 0 Å². The molecule has 3 aromatic rings. The van der Waals surface area contributed by atoms with Crippen LogP contribution in [0.5, 0.6) is 5.75 Å². The molecule has 85 valence electrons. The van der Waals surface area contributed by atoms with Gasteiger partial charge in [-0.1, -0.05) is 6.07 Å². The maximum absolute atomic E-state index is 9.71. The highest BCUT2D eigenvalue weighted by molar-refractivity contribution is 5.75. The molecule has 0 saturated heterocycles. The predicted molar refractivity (Wildman–Crippen MR) is 64.1 cm³/mol. The van der Waals surface area contributed by atoms with Crippen LogP contribution < -0.4 is 0 Å². The molecule has 0 unspecified atom stereocenters. The van der Waals surface area contributed by atoms with E-state index in [-0.39, 0.29) is 5.75 Å². The van der Waals surface area contributed by atoms with E-state index in [1.807, 2.05) is 6.07 Å². The van der Waals surface area contributed by atoms with Crippen molar-refractivity contribution in [3.8, 4) is 17.5 Å². The van der Waals surface area contributed by atoms with Gasteiger partial charge in [0.25, 0.3) is 0 Å². The number of aromatic nitrogens is 3. The molecule has 1 N–H and O–H groups in total. The van der Waals surface area contributed by atoms with Crippen molar-refractivity contribution in [3.05, 3.63) is 48.0 Å². The summed E-state index contributed by atoms with van der Waals surface area (Å²) in [6.45, 7) is 0. The van der Waals surface area contributed by atoms with Gasteiger partial charge in [0.1, 0.15) is 22.5 Å². The van der Waals surface area contributed by atoms with E-state index >= 15 is 0 Å². The van der Waals surface area contributed by atoms with E-state index in [0.717, 1.165) is 0 Å². The maximum Gasteiger partial charge on any atom is 0.143 e. The smallest absolute Gasteiger partial charge is 0.143 e. The van der Waals surface area contributed by atoms with Crippen molar-refractivity contribution in [2.75, 3.05) is 0 Å². The quantitative estimate of drug-likeness (QED) is 0.697. The normalized spacial score (nSPS) is 10.4. The van der Waals surface area contributed by atoms with Crippen LogP contribution in [0.2, 0.25) is 0 Å². The third-order valence-electron chi connectivity index (χ3n) is 2.54. The predicted octanol–water partition coefficient (Wildman–Crippen LogP) is 1.80. The highest BCUT2D eigenvalue weighted by Crippen LogP contribution is 2.20. The molecule has 1 heterocycles. The second-order valence-electron chi connectivity index (χ2n) is 3.72. The first-order valence-electron chi connectivity index (χ1n) is 5.24. The topological polar surface area (TPSA) is 74.7 Å². The Kier molecular flexibility index (Phi) is 2.21. The van der Waals surface area contributed by atoms with Crippen LogP contribution in [0.4, 0.5) is 0 Å². The summed E-state index contributed by atoms with van der Waals surface area (Å²) in [5.41, 5.74) is 2.28. The van der Waals surface area contributed by atoms with Gasteiger partial charge in [-0.05, 0) is 36.4 Å². The lowest BCUT2D eigenvalue weighted by Gasteiger charge is -2.00. The Balaban J connectivity index is 2.20. The van der Waals surface area contributed by atoms with Crippen molar-refractivity contribution in [3.63, 3.8) is 0 Å². The van der Waals surface area contributed by atoms with Crippen molar-refractivity contribution in [2.45, 2.75) is 0 Å². The minimum absolute atomic E-state index is 0.0540. The summed E-state index contributed by atoms with van der Waals surface area (Å²) >= 11 is 0. The molecule has 0 spiro atoms. The minimum Gasteiger partial charge on any atom is -0.506 e. The Bertz CT molecular complexity index is 770. The summed E-state index contributed by atoms with van der Waals surface area (Å²) in [4.78, 5) is 1.34. The highest BCUT2D eigenvalue weighted by atomic mass is 16.3. The molecule has 5 heteroatoms. The first-order chi connectivity index (χ1) is 8.78. The number of nitrogens with zero attached hydrogens (tertiary/aromatic N) is 4. The first-order valence-corrected chi connectivity index (χ1v) is 5.24. The monoisotopic (exact) mass is 235 g/mol. The van der Waals surface area contributed by atoms with Gasteiger partial charge >= 0.3 is 0 Å². The molecule has 2 aromatic carbocycles. The Hall–Kier alpha value is -2.87. The summed E-state index contributed by atoms with van der Waals surface area (Å²) < 4.78 is 0. The number of hydrogen-bond acceptors (Lipinski definition) is 4. The summed E-state index contributed by atoms with van der Waals surface area (Å²) in [5.74, 6) is 0.0540. The Morgan fingerprint density at radius 2 is 2.06 bits per heavy atom. The highest BCUT2D eigenvalue weighted by Gasteiger charge is 2.08. The average Bonchev–Trinajstić information content (AvgIpc) is 2.81. The summed E-state index contributed by atoms with van der Waals surface area (Å²) in [6, 6.07) is 14.7. The van der Waals surface area contributed by atoms with E-state index in [0.29, 0.717) is 22.3 Å². The largest absolute Gasteiger partial charge is 0.506 e. The van der Waals surface area contributed by atoms with E-state index in [1.54, 1.807) is 30.3 Å². The molecule has 18 heavy (non-hydrogen) atoms. The molecule has 0 aliphatic heterocycles. The van der Waals surface area contributed by atoms with Crippen molar-refractivity contribution in [2.24, 2.45) is 0 Å². The third kappa shape index (κ3) is 1.57. The lowest BCUT2D eigenvalue weighted by molar-refractivity contribution is 0.467. The first kappa shape index (κ1) is 10.3. The second kappa shape index (κ2) is 3.86. The fraction of sp³-hybridized carbons (Fsp3) is 0. The number of rotatable bonds is 1. The Labute approximate surface area is 103 Å². The molecule has 0 aliphatic carbocycles. The summed E-state index contributed by atoms with van der Waals surface area (Å²) in [5, 5.41) is 27.0. The lowest BCUT2D eigenvalue weighted by Crippen LogP contribution is -1.98. The maximum atomic E-state index is 9.71. The fourth-order valence-corrected chi connectivity index (χ4v) is 1.67. The van der Waals surface area contributed by atoms with Crippen molar-refractivity contribution < 1.29 is 5.11 Å². The van der Waals surface area contributed by atoms with Crippen molar-refractivity contribution in [1.29, 1.82) is 5.26 Å². The van der Waals surface area contributed by atoms with Crippen LogP contribution >= 0.6 is 0 Å². The molecule has 1 radical (unpaired) electrons. The number of phenols is 1.